The summed E-state index contributed by atoms with van der Waals surface area (Å²) >= 11 is 0. The van der Waals surface area contributed by atoms with Crippen LogP contribution >= 0.6 is 0 Å². The highest BCUT2D eigenvalue weighted by atomic mass is 16.4. The topological polar surface area (TPSA) is 132 Å². The molecule has 0 aliphatic heterocycles. The van der Waals surface area contributed by atoms with Gasteiger partial charge < -0.3 is 22.3 Å². The molecule has 0 unspecified atom stereocenters. The van der Waals surface area contributed by atoms with Crippen molar-refractivity contribution in [3.05, 3.63) is 0 Å². The first-order valence-corrected chi connectivity index (χ1v) is 3.32. The van der Waals surface area contributed by atoms with Crippen molar-refractivity contribution in [2.24, 2.45) is 17.2 Å². The molecular formula is C6H15N3O3. The first-order chi connectivity index (χ1) is 5.29. The standard InChI is InChI=1S/C3H8N2O.C3H7NO2/c2*1-2(4)3(5)6/h2H,4H2,1H3,(H2,5,6);2H,4H2,1H3,(H,5,6)/t2*2-/m00/s1. The largest absolute Gasteiger partial charge is 0.480 e. The minimum atomic E-state index is -0.963. The number of aliphatic carboxylic acids is 1. The minimum absolute atomic E-state index is 0.463. The summed E-state index contributed by atoms with van der Waals surface area (Å²) in [4.78, 5) is 19.4. The molecule has 12 heavy (non-hydrogen) atoms. The van der Waals surface area contributed by atoms with Gasteiger partial charge in [-0.1, -0.05) is 0 Å². The second-order valence-corrected chi connectivity index (χ2v) is 2.32. The highest BCUT2D eigenvalue weighted by Gasteiger charge is 1.99. The molecule has 0 saturated carbocycles. The van der Waals surface area contributed by atoms with Crippen molar-refractivity contribution in [2.45, 2.75) is 25.9 Å². The molecule has 0 aromatic heterocycles. The third kappa shape index (κ3) is 11.6. The molecule has 0 saturated heterocycles. The molecule has 1 amide bonds. The van der Waals surface area contributed by atoms with E-state index in [0.29, 0.717) is 0 Å². The Labute approximate surface area is 70.7 Å². The summed E-state index contributed by atoms with van der Waals surface area (Å²) in [5, 5.41) is 7.87. The molecule has 0 heterocycles. The fraction of sp³-hybridized carbons (Fsp3) is 0.667. The summed E-state index contributed by atoms with van der Waals surface area (Å²) in [6, 6.07) is -1.24. The monoisotopic (exact) mass is 177 g/mol. The number of primary amides is 1. The maximum atomic E-state index is 9.80. The molecule has 0 spiro atoms. The van der Waals surface area contributed by atoms with Gasteiger partial charge in [-0.25, -0.2) is 0 Å². The molecule has 0 rings (SSSR count). The molecule has 0 aromatic rings. The predicted octanol–water partition coefficient (Wildman–Crippen LogP) is -1.76. The maximum absolute atomic E-state index is 9.80. The molecule has 7 N–H and O–H groups in total. The summed E-state index contributed by atoms with van der Waals surface area (Å²) in [6.07, 6.45) is 0. The van der Waals surface area contributed by atoms with Crippen LogP contribution in [0.15, 0.2) is 0 Å². The van der Waals surface area contributed by atoms with E-state index in [0.717, 1.165) is 0 Å². The number of hydrogen-bond donors (Lipinski definition) is 4. The maximum Gasteiger partial charge on any atom is 0.320 e. The fourth-order valence-corrected chi connectivity index (χ4v) is 0. The van der Waals surface area contributed by atoms with Crippen molar-refractivity contribution in [3.8, 4) is 0 Å². The number of carbonyl (C=O) groups is 2. The zero-order valence-corrected chi connectivity index (χ0v) is 7.15. The van der Waals surface area contributed by atoms with Crippen LogP contribution < -0.4 is 17.2 Å². The van der Waals surface area contributed by atoms with E-state index in [1.165, 1.54) is 6.92 Å². The molecular weight excluding hydrogens is 162 g/mol. The number of amides is 1. The third-order valence-corrected chi connectivity index (χ3v) is 0.838. The molecule has 72 valence electrons. The molecule has 2 atom stereocenters. The second kappa shape index (κ2) is 6.56. The highest BCUT2D eigenvalue weighted by Crippen LogP contribution is 1.68. The van der Waals surface area contributed by atoms with E-state index < -0.39 is 24.0 Å². The van der Waals surface area contributed by atoms with Gasteiger partial charge in [-0.05, 0) is 13.8 Å². The molecule has 6 nitrogen and oxygen atoms in total. The van der Waals surface area contributed by atoms with Gasteiger partial charge in [-0.15, -0.1) is 0 Å². The van der Waals surface area contributed by atoms with Gasteiger partial charge in [0, 0.05) is 0 Å². The lowest BCUT2D eigenvalue weighted by molar-refractivity contribution is -0.138. The van der Waals surface area contributed by atoms with E-state index >= 15 is 0 Å². The van der Waals surface area contributed by atoms with Crippen molar-refractivity contribution in [1.29, 1.82) is 0 Å². The highest BCUT2D eigenvalue weighted by molar-refractivity contribution is 5.78. The summed E-state index contributed by atoms with van der Waals surface area (Å²) < 4.78 is 0. The molecule has 6 heteroatoms. The number of carboxylic acids is 1. The summed E-state index contributed by atoms with van der Waals surface area (Å²) in [6.45, 7) is 2.96. The SMILES string of the molecule is C[C@H](N)C(=O)O.C[C@H](N)C(N)=O. The van der Waals surface area contributed by atoms with Crippen LogP contribution in [0.1, 0.15) is 13.8 Å². The van der Waals surface area contributed by atoms with Crippen LogP contribution in [0, 0.1) is 0 Å². The van der Waals surface area contributed by atoms with Crippen molar-refractivity contribution >= 4 is 11.9 Å². The first kappa shape index (κ1) is 13.4. The van der Waals surface area contributed by atoms with Gasteiger partial charge in [0.15, 0.2) is 0 Å². The van der Waals surface area contributed by atoms with Gasteiger partial charge in [-0.3, -0.25) is 9.59 Å². The van der Waals surface area contributed by atoms with Gasteiger partial charge in [0.05, 0.1) is 6.04 Å². The van der Waals surface area contributed by atoms with Gasteiger partial charge >= 0.3 is 5.97 Å². The van der Waals surface area contributed by atoms with Crippen LogP contribution in [-0.4, -0.2) is 29.1 Å². The number of nitrogens with two attached hydrogens (primary N) is 3. The molecule has 0 aliphatic carbocycles. The van der Waals surface area contributed by atoms with Crippen molar-refractivity contribution < 1.29 is 14.7 Å². The second-order valence-electron chi connectivity index (χ2n) is 2.32. The Morgan fingerprint density at radius 3 is 1.33 bits per heavy atom. The number of carbonyl (C=O) groups excluding carboxylic acids is 1. The summed E-state index contributed by atoms with van der Waals surface area (Å²) in [7, 11) is 0. The van der Waals surface area contributed by atoms with Gasteiger partial charge in [0.2, 0.25) is 5.91 Å². The third-order valence-electron chi connectivity index (χ3n) is 0.838. The lowest BCUT2D eigenvalue weighted by Gasteiger charge is -1.91. The van der Waals surface area contributed by atoms with E-state index in [1.807, 2.05) is 0 Å². The Morgan fingerprint density at radius 1 is 1.17 bits per heavy atom. The molecule has 0 fully saturated rings. The Bertz CT molecular complexity index is 138. The van der Waals surface area contributed by atoms with Crippen LogP contribution in [-0.2, 0) is 9.59 Å². The Morgan fingerprint density at radius 2 is 1.33 bits per heavy atom. The molecule has 0 aliphatic rings. The number of carboxylic acid groups (broad SMARTS) is 1. The van der Waals surface area contributed by atoms with Gasteiger partial charge in [-0.2, -0.15) is 0 Å². The summed E-state index contributed by atoms with van der Waals surface area (Å²) in [5.41, 5.74) is 14.5. The zero-order valence-electron chi connectivity index (χ0n) is 7.15. The smallest absolute Gasteiger partial charge is 0.320 e. The Kier molecular flexibility index (Phi) is 7.36. The number of hydrogen-bond acceptors (Lipinski definition) is 4. The van der Waals surface area contributed by atoms with E-state index in [-0.39, 0.29) is 0 Å². The van der Waals surface area contributed by atoms with Crippen LogP contribution in [0.25, 0.3) is 0 Å². The van der Waals surface area contributed by atoms with Crippen LogP contribution in [0.3, 0.4) is 0 Å². The number of rotatable bonds is 2. The minimum Gasteiger partial charge on any atom is -0.480 e. The van der Waals surface area contributed by atoms with E-state index in [1.54, 1.807) is 6.92 Å². The predicted molar refractivity (Wildman–Crippen MR) is 44.1 cm³/mol. The molecule has 0 radical (unpaired) electrons. The fourth-order valence-electron chi connectivity index (χ4n) is 0. The van der Waals surface area contributed by atoms with Gasteiger partial charge in [0.1, 0.15) is 6.04 Å². The van der Waals surface area contributed by atoms with Crippen LogP contribution in [0.2, 0.25) is 0 Å². The zero-order chi connectivity index (χ0) is 10.3. The quantitative estimate of drug-likeness (QED) is 0.396. The van der Waals surface area contributed by atoms with Crippen molar-refractivity contribution in [3.63, 3.8) is 0 Å². The van der Waals surface area contributed by atoms with Crippen LogP contribution in [0.5, 0.6) is 0 Å². The summed E-state index contributed by atoms with van der Waals surface area (Å²) in [5.74, 6) is -1.43. The Balaban J connectivity index is 0. The molecule has 0 aromatic carbocycles. The van der Waals surface area contributed by atoms with E-state index in [4.69, 9.17) is 16.6 Å². The normalized spacial score (nSPS) is 13.7. The van der Waals surface area contributed by atoms with E-state index in [9.17, 15) is 9.59 Å². The Hall–Kier alpha value is -1.14. The molecule has 0 bridgehead atoms. The van der Waals surface area contributed by atoms with E-state index in [2.05, 4.69) is 5.73 Å². The van der Waals surface area contributed by atoms with Gasteiger partial charge in [0.25, 0.3) is 0 Å². The van der Waals surface area contributed by atoms with Crippen molar-refractivity contribution in [2.75, 3.05) is 0 Å². The van der Waals surface area contributed by atoms with Crippen LogP contribution in [0.4, 0.5) is 0 Å². The lowest BCUT2D eigenvalue weighted by atomic mass is 10.4. The lowest BCUT2D eigenvalue weighted by Crippen LogP contribution is -2.32. The average molecular weight is 177 g/mol. The average Bonchev–Trinajstić information content (AvgIpc) is 1.88. The van der Waals surface area contributed by atoms with Crippen molar-refractivity contribution in [1.82, 2.24) is 0 Å². The first-order valence-electron chi connectivity index (χ1n) is 3.32.